The summed E-state index contributed by atoms with van der Waals surface area (Å²) in [6.07, 6.45) is 0. The number of urea groups is 1. The van der Waals surface area contributed by atoms with E-state index in [1.54, 1.807) is 11.0 Å². The number of rotatable bonds is 8. The topological polar surface area (TPSA) is 93.8 Å². The minimum atomic E-state index is -0.653. The van der Waals surface area contributed by atoms with Crippen LogP contribution in [-0.4, -0.2) is 65.4 Å². The van der Waals surface area contributed by atoms with Crippen LogP contribution in [0, 0.1) is 17.7 Å². The van der Waals surface area contributed by atoms with Gasteiger partial charge in [-0.1, -0.05) is 39.8 Å². The van der Waals surface area contributed by atoms with Crippen molar-refractivity contribution >= 4 is 23.5 Å². The molecule has 1 fully saturated rings. The fourth-order valence-corrected chi connectivity index (χ4v) is 4.71. The molecule has 9 heteroatoms. The minimum absolute atomic E-state index is 0.0288. The van der Waals surface area contributed by atoms with E-state index in [9.17, 15) is 18.8 Å². The SMILES string of the molecule is CC(C)CNC(=O)Nc1ccc(C(=O)N2CCN(Cc3cccc(C(=O)NC(C)(C)C)c3)[C@@H](C(C)C)C2)cc1F. The van der Waals surface area contributed by atoms with Gasteiger partial charge in [0.1, 0.15) is 5.82 Å². The zero-order chi connectivity index (χ0) is 29.6. The Morgan fingerprint density at radius 2 is 1.73 bits per heavy atom. The lowest BCUT2D eigenvalue weighted by Gasteiger charge is -2.43. The number of amides is 4. The Kier molecular flexibility index (Phi) is 10.3. The molecule has 0 unspecified atom stereocenters. The molecule has 0 aliphatic carbocycles. The summed E-state index contributed by atoms with van der Waals surface area (Å²) in [5, 5.41) is 8.19. The highest BCUT2D eigenvalue weighted by Gasteiger charge is 2.32. The van der Waals surface area contributed by atoms with Gasteiger partial charge in [0, 0.05) is 55.4 Å². The van der Waals surface area contributed by atoms with E-state index in [-0.39, 0.29) is 46.5 Å². The van der Waals surface area contributed by atoms with Gasteiger partial charge in [-0.15, -0.1) is 0 Å². The number of nitrogens with zero attached hydrogens (tertiary/aromatic N) is 2. The zero-order valence-electron chi connectivity index (χ0n) is 24.8. The standard InChI is InChI=1S/C31H44FN5O3/c1-20(2)17-33-30(40)34-26-12-11-24(16-25(26)32)29(39)37-14-13-36(27(19-37)21(3)4)18-22-9-8-10-23(15-22)28(38)35-31(5,6)7/h8-12,15-16,20-21,27H,13-14,17-19H2,1-7H3,(H,35,38)(H2,33,34,40)/t27-/m1/s1. The summed E-state index contributed by atoms with van der Waals surface area (Å²) in [6, 6.07) is 11.4. The van der Waals surface area contributed by atoms with Crippen LogP contribution in [0.15, 0.2) is 42.5 Å². The molecular formula is C31H44FN5O3. The van der Waals surface area contributed by atoms with Crippen LogP contribution in [0.3, 0.4) is 0 Å². The molecule has 1 aliphatic rings. The third kappa shape index (κ3) is 8.78. The first-order valence-electron chi connectivity index (χ1n) is 14.0. The van der Waals surface area contributed by atoms with E-state index in [0.29, 0.717) is 38.3 Å². The Hall–Kier alpha value is -3.46. The highest BCUT2D eigenvalue weighted by Crippen LogP contribution is 2.23. The summed E-state index contributed by atoms with van der Waals surface area (Å²) in [6.45, 7) is 16.9. The largest absolute Gasteiger partial charge is 0.347 e. The average Bonchev–Trinajstić information content (AvgIpc) is 2.87. The van der Waals surface area contributed by atoms with E-state index < -0.39 is 11.8 Å². The number of hydrogen-bond donors (Lipinski definition) is 3. The number of hydrogen-bond acceptors (Lipinski definition) is 4. The quantitative estimate of drug-likeness (QED) is 0.423. The summed E-state index contributed by atoms with van der Waals surface area (Å²) >= 11 is 0. The molecule has 0 radical (unpaired) electrons. The molecule has 1 atom stereocenters. The predicted octanol–water partition coefficient (Wildman–Crippen LogP) is 5.11. The number of nitrogens with one attached hydrogen (secondary N) is 3. The van der Waals surface area contributed by atoms with Gasteiger partial charge in [-0.25, -0.2) is 9.18 Å². The molecule has 4 amide bonds. The highest BCUT2D eigenvalue weighted by molar-refractivity contribution is 5.96. The van der Waals surface area contributed by atoms with E-state index in [4.69, 9.17) is 0 Å². The van der Waals surface area contributed by atoms with Crippen molar-refractivity contribution in [2.45, 2.75) is 66.6 Å². The molecule has 0 spiro atoms. The van der Waals surface area contributed by atoms with Crippen molar-refractivity contribution in [2.24, 2.45) is 11.8 Å². The number of anilines is 1. The Bertz CT molecular complexity index is 1210. The lowest BCUT2D eigenvalue weighted by molar-refractivity contribution is 0.0342. The van der Waals surface area contributed by atoms with Gasteiger partial charge in [0.05, 0.1) is 5.69 Å². The van der Waals surface area contributed by atoms with Gasteiger partial charge in [0.2, 0.25) is 0 Å². The van der Waals surface area contributed by atoms with Crippen LogP contribution in [-0.2, 0) is 6.54 Å². The lowest BCUT2D eigenvalue weighted by atomic mass is 9.97. The second kappa shape index (κ2) is 13.3. The maximum atomic E-state index is 14.8. The molecule has 0 bridgehead atoms. The maximum absolute atomic E-state index is 14.8. The van der Waals surface area contributed by atoms with Crippen LogP contribution in [0.5, 0.6) is 0 Å². The Morgan fingerprint density at radius 1 is 1.00 bits per heavy atom. The molecule has 0 aromatic heterocycles. The average molecular weight is 554 g/mol. The van der Waals surface area contributed by atoms with Gasteiger partial charge in [-0.05, 0) is 68.5 Å². The summed E-state index contributed by atoms with van der Waals surface area (Å²) in [5.41, 5.74) is 1.62. The summed E-state index contributed by atoms with van der Waals surface area (Å²) in [4.78, 5) is 42.1. The second-order valence-corrected chi connectivity index (χ2v) is 12.4. The molecular weight excluding hydrogens is 509 g/mol. The molecule has 2 aromatic carbocycles. The van der Waals surface area contributed by atoms with E-state index in [0.717, 1.165) is 5.56 Å². The van der Waals surface area contributed by atoms with E-state index in [1.165, 1.54) is 12.1 Å². The Morgan fingerprint density at radius 3 is 2.35 bits per heavy atom. The minimum Gasteiger partial charge on any atom is -0.347 e. The van der Waals surface area contributed by atoms with Crippen LogP contribution in [0.4, 0.5) is 14.9 Å². The van der Waals surface area contributed by atoms with Gasteiger partial charge >= 0.3 is 6.03 Å². The van der Waals surface area contributed by atoms with Crippen molar-refractivity contribution in [2.75, 3.05) is 31.5 Å². The first-order valence-corrected chi connectivity index (χ1v) is 14.0. The number of piperazine rings is 1. The van der Waals surface area contributed by atoms with Gasteiger partial charge < -0.3 is 20.9 Å². The van der Waals surface area contributed by atoms with Crippen molar-refractivity contribution in [3.8, 4) is 0 Å². The van der Waals surface area contributed by atoms with Gasteiger partial charge in [-0.3, -0.25) is 14.5 Å². The van der Waals surface area contributed by atoms with Gasteiger partial charge in [0.15, 0.2) is 0 Å². The van der Waals surface area contributed by atoms with E-state index >= 15 is 0 Å². The van der Waals surface area contributed by atoms with E-state index in [1.807, 2.05) is 58.9 Å². The maximum Gasteiger partial charge on any atom is 0.319 e. The van der Waals surface area contributed by atoms with Gasteiger partial charge in [-0.2, -0.15) is 0 Å². The zero-order valence-corrected chi connectivity index (χ0v) is 24.8. The molecule has 3 N–H and O–H groups in total. The summed E-state index contributed by atoms with van der Waals surface area (Å²) in [7, 11) is 0. The highest BCUT2D eigenvalue weighted by atomic mass is 19.1. The molecule has 1 heterocycles. The van der Waals surface area contributed by atoms with Crippen molar-refractivity contribution < 1.29 is 18.8 Å². The summed E-state index contributed by atoms with van der Waals surface area (Å²) < 4.78 is 14.8. The van der Waals surface area contributed by atoms with Crippen LogP contribution in [0.25, 0.3) is 0 Å². The smallest absolute Gasteiger partial charge is 0.319 e. The van der Waals surface area contributed by atoms with Gasteiger partial charge in [0.25, 0.3) is 11.8 Å². The molecule has 0 saturated carbocycles. The lowest BCUT2D eigenvalue weighted by Crippen LogP contribution is -2.56. The third-order valence-electron chi connectivity index (χ3n) is 6.79. The van der Waals surface area contributed by atoms with Crippen LogP contribution >= 0.6 is 0 Å². The van der Waals surface area contributed by atoms with Crippen molar-refractivity contribution in [1.82, 2.24) is 20.4 Å². The first kappa shape index (κ1) is 31.1. The molecule has 2 aromatic rings. The van der Waals surface area contributed by atoms with Crippen LogP contribution in [0.2, 0.25) is 0 Å². The number of benzene rings is 2. The normalized spacial score (nSPS) is 16.2. The molecule has 1 saturated heterocycles. The molecule has 3 rings (SSSR count). The fraction of sp³-hybridized carbons (Fsp3) is 0.516. The van der Waals surface area contributed by atoms with E-state index in [2.05, 4.69) is 34.7 Å². The Balaban J connectivity index is 1.66. The van der Waals surface area contributed by atoms with Crippen molar-refractivity contribution in [1.29, 1.82) is 0 Å². The predicted molar refractivity (Wildman–Crippen MR) is 157 cm³/mol. The summed E-state index contributed by atoms with van der Waals surface area (Å²) in [5.74, 6) is -0.442. The Labute approximate surface area is 237 Å². The molecule has 1 aliphatic heterocycles. The first-order chi connectivity index (χ1) is 18.7. The molecule has 8 nitrogen and oxygen atoms in total. The monoisotopic (exact) mass is 553 g/mol. The number of carbonyl (C=O) groups is 3. The fourth-order valence-electron chi connectivity index (χ4n) is 4.71. The molecule has 40 heavy (non-hydrogen) atoms. The second-order valence-electron chi connectivity index (χ2n) is 12.4. The number of carbonyl (C=O) groups excluding carboxylic acids is 3. The van der Waals surface area contributed by atoms with Crippen molar-refractivity contribution in [3.05, 3.63) is 65.0 Å². The number of halogens is 1. The molecule has 218 valence electrons. The van der Waals surface area contributed by atoms with Crippen molar-refractivity contribution in [3.63, 3.8) is 0 Å². The van der Waals surface area contributed by atoms with Crippen LogP contribution < -0.4 is 16.0 Å². The van der Waals surface area contributed by atoms with Crippen LogP contribution in [0.1, 0.15) is 74.7 Å². The third-order valence-corrected chi connectivity index (χ3v) is 6.79.